The second-order valence-electron chi connectivity index (χ2n) is 5.17. The number of nitrogen functional groups attached to an aromatic ring is 1. The van der Waals surface area contributed by atoms with Crippen LogP contribution in [0, 0.1) is 0 Å². The Kier molecular flexibility index (Phi) is 4.16. The first-order valence-electron chi connectivity index (χ1n) is 7.10. The van der Waals surface area contributed by atoms with Gasteiger partial charge in [-0.3, -0.25) is 9.78 Å². The van der Waals surface area contributed by atoms with Crippen molar-refractivity contribution < 1.29 is 9.53 Å². The van der Waals surface area contributed by atoms with Crippen molar-refractivity contribution in [3.05, 3.63) is 44.0 Å². The molecule has 23 heavy (non-hydrogen) atoms. The number of ether oxygens (including phenoxy) is 1. The van der Waals surface area contributed by atoms with E-state index in [1.807, 2.05) is 11.4 Å². The maximum absolute atomic E-state index is 11.8. The number of aromatic amines is 2. The third kappa shape index (κ3) is 3.26. The van der Waals surface area contributed by atoms with Gasteiger partial charge in [0.1, 0.15) is 10.5 Å². The number of aryl methyl sites for hydroxylation is 2. The average Bonchev–Trinajstić information content (AvgIpc) is 3.13. The fourth-order valence-corrected chi connectivity index (χ4v) is 3.29. The first-order chi connectivity index (χ1) is 11.1. The summed E-state index contributed by atoms with van der Waals surface area (Å²) in [6.07, 6.45) is 2.51. The molecule has 3 rings (SSSR count). The highest BCUT2D eigenvalue weighted by atomic mass is 32.1. The zero-order chi connectivity index (χ0) is 16.4. The molecule has 0 amide bonds. The Morgan fingerprint density at radius 1 is 1.35 bits per heavy atom. The number of anilines is 1. The van der Waals surface area contributed by atoms with E-state index >= 15 is 0 Å². The van der Waals surface area contributed by atoms with E-state index in [-0.39, 0.29) is 17.5 Å². The van der Waals surface area contributed by atoms with Crippen LogP contribution in [0.4, 0.5) is 5.95 Å². The second kappa shape index (κ2) is 6.25. The summed E-state index contributed by atoms with van der Waals surface area (Å²) >= 11 is 1.38. The van der Waals surface area contributed by atoms with Gasteiger partial charge in [0.05, 0.1) is 12.5 Å². The van der Waals surface area contributed by atoms with E-state index in [9.17, 15) is 9.59 Å². The van der Waals surface area contributed by atoms with Crippen LogP contribution in [0.1, 0.15) is 27.3 Å². The Balaban J connectivity index is 1.65. The molecule has 8 heteroatoms. The Morgan fingerprint density at radius 3 is 2.96 bits per heavy atom. The van der Waals surface area contributed by atoms with Gasteiger partial charge in [-0.2, -0.15) is 4.98 Å². The lowest BCUT2D eigenvalue weighted by Crippen LogP contribution is -2.09. The van der Waals surface area contributed by atoms with Crippen LogP contribution in [0.3, 0.4) is 0 Å². The van der Waals surface area contributed by atoms with Crippen molar-refractivity contribution in [1.82, 2.24) is 15.0 Å². The van der Waals surface area contributed by atoms with Crippen LogP contribution in [0.15, 0.2) is 22.3 Å². The van der Waals surface area contributed by atoms with Crippen molar-refractivity contribution >= 4 is 34.3 Å². The number of methoxy groups -OCH3 is 1. The van der Waals surface area contributed by atoms with Crippen molar-refractivity contribution in [1.29, 1.82) is 0 Å². The molecule has 0 spiro atoms. The van der Waals surface area contributed by atoms with Gasteiger partial charge >= 0.3 is 5.97 Å². The molecule has 7 nitrogen and oxygen atoms in total. The molecule has 0 aliphatic heterocycles. The predicted molar refractivity (Wildman–Crippen MR) is 88.8 cm³/mol. The molecule has 0 saturated heterocycles. The van der Waals surface area contributed by atoms with E-state index in [1.165, 1.54) is 18.4 Å². The maximum Gasteiger partial charge on any atom is 0.348 e. The van der Waals surface area contributed by atoms with Gasteiger partial charge < -0.3 is 15.5 Å². The number of nitrogens with one attached hydrogen (secondary N) is 2. The summed E-state index contributed by atoms with van der Waals surface area (Å²) in [6, 6.07) is 3.66. The van der Waals surface area contributed by atoms with E-state index < -0.39 is 0 Å². The lowest BCUT2D eigenvalue weighted by atomic mass is 10.1. The summed E-state index contributed by atoms with van der Waals surface area (Å²) in [7, 11) is 1.38. The number of nitrogens with zero attached hydrogens (tertiary/aromatic N) is 1. The molecule has 4 N–H and O–H groups in total. The minimum atomic E-state index is -0.306. The van der Waals surface area contributed by atoms with Gasteiger partial charge in [-0.05, 0) is 42.3 Å². The van der Waals surface area contributed by atoms with Gasteiger partial charge in [0, 0.05) is 5.69 Å². The standard InChI is InChI=1S/C15H16N4O3S/c1-22-14(21)11-5-8(7-23-11)3-2-4-9-6-10-12(17-9)18-15(16)19-13(10)20/h5-7H,2-4H2,1H3,(H4,16,17,18,19,20). The Labute approximate surface area is 135 Å². The normalized spacial score (nSPS) is 11.0. The predicted octanol–water partition coefficient (Wildman–Crippen LogP) is 1.86. The number of esters is 1. The molecule has 0 atom stereocenters. The second-order valence-corrected chi connectivity index (χ2v) is 6.08. The summed E-state index contributed by atoms with van der Waals surface area (Å²) in [5, 5.41) is 2.47. The minimum Gasteiger partial charge on any atom is -0.465 e. The molecule has 0 aromatic carbocycles. The Morgan fingerprint density at radius 2 is 2.17 bits per heavy atom. The van der Waals surface area contributed by atoms with Crippen LogP contribution in [-0.4, -0.2) is 28.0 Å². The molecule has 120 valence electrons. The number of hydrogen-bond acceptors (Lipinski definition) is 6. The first-order valence-corrected chi connectivity index (χ1v) is 7.98. The number of H-pyrrole nitrogens is 2. The number of fused-ring (bicyclic) bond motifs is 1. The number of rotatable bonds is 5. The van der Waals surface area contributed by atoms with Gasteiger partial charge in [0.25, 0.3) is 5.56 Å². The lowest BCUT2D eigenvalue weighted by Gasteiger charge is -1.97. The fourth-order valence-electron chi connectivity index (χ4n) is 2.42. The van der Waals surface area contributed by atoms with E-state index in [0.29, 0.717) is 15.9 Å². The van der Waals surface area contributed by atoms with Crippen LogP contribution in [0.5, 0.6) is 0 Å². The lowest BCUT2D eigenvalue weighted by molar-refractivity contribution is 0.0606. The minimum absolute atomic E-state index is 0.101. The fraction of sp³-hybridized carbons (Fsp3) is 0.267. The van der Waals surface area contributed by atoms with Gasteiger partial charge in [-0.25, -0.2) is 4.79 Å². The Hall–Kier alpha value is -2.61. The molecule has 0 saturated carbocycles. The number of carbonyl (C=O) groups excluding carboxylic acids is 1. The van der Waals surface area contributed by atoms with Gasteiger partial charge in [0.15, 0.2) is 0 Å². The van der Waals surface area contributed by atoms with Crippen LogP contribution in [-0.2, 0) is 17.6 Å². The highest BCUT2D eigenvalue weighted by Crippen LogP contribution is 2.18. The molecule has 3 aromatic heterocycles. The van der Waals surface area contributed by atoms with E-state index in [0.717, 1.165) is 30.5 Å². The molecule has 0 aliphatic rings. The molecule has 0 aliphatic carbocycles. The van der Waals surface area contributed by atoms with Gasteiger partial charge in [-0.15, -0.1) is 11.3 Å². The molecule has 0 unspecified atom stereocenters. The molecule has 0 radical (unpaired) electrons. The zero-order valence-electron chi connectivity index (χ0n) is 12.5. The maximum atomic E-state index is 11.8. The molecular formula is C15H16N4O3S. The molecule has 0 bridgehead atoms. The van der Waals surface area contributed by atoms with E-state index in [4.69, 9.17) is 10.5 Å². The van der Waals surface area contributed by atoms with Crippen molar-refractivity contribution in [3.63, 3.8) is 0 Å². The van der Waals surface area contributed by atoms with Crippen molar-refractivity contribution in [3.8, 4) is 0 Å². The van der Waals surface area contributed by atoms with Crippen molar-refractivity contribution in [2.45, 2.75) is 19.3 Å². The van der Waals surface area contributed by atoms with Crippen molar-refractivity contribution in [2.24, 2.45) is 0 Å². The average molecular weight is 332 g/mol. The highest BCUT2D eigenvalue weighted by Gasteiger charge is 2.10. The van der Waals surface area contributed by atoms with Gasteiger partial charge in [-0.1, -0.05) is 0 Å². The first kappa shape index (κ1) is 15.3. The largest absolute Gasteiger partial charge is 0.465 e. The third-order valence-electron chi connectivity index (χ3n) is 3.52. The van der Waals surface area contributed by atoms with Crippen LogP contribution in [0.25, 0.3) is 11.0 Å². The smallest absolute Gasteiger partial charge is 0.348 e. The number of hydrogen-bond donors (Lipinski definition) is 3. The number of thiophene rings is 1. The summed E-state index contributed by atoms with van der Waals surface area (Å²) in [4.78, 5) is 33.5. The van der Waals surface area contributed by atoms with E-state index in [2.05, 4.69) is 15.0 Å². The summed E-state index contributed by atoms with van der Waals surface area (Å²) < 4.78 is 4.69. The number of nitrogens with two attached hydrogens (primary N) is 1. The van der Waals surface area contributed by atoms with E-state index in [1.54, 1.807) is 6.07 Å². The van der Waals surface area contributed by atoms with Crippen LogP contribution in [0.2, 0.25) is 0 Å². The topological polar surface area (TPSA) is 114 Å². The van der Waals surface area contributed by atoms with Gasteiger partial charge in [0.2, 0.25) is 5.95 Å². The number of aromatic nitrogens is 3. The summed E-state index contributed by atoms with van der Waals surface area (Å²) in [5.74, 6) is -0.204. The van der Waals surface area contributed by atoms with Crippen molar-refractivity contribution in [2.75, 3.05) is 12.8 Å². The molecule has 3 heterocycles. The molecular weight excluding hydrogens is 316 g/mol. The highest BCUT2D eigenvalue weighted by molar-refractivity contribution is 7.12. The quantitative estimate of drug-likeness (QED) is 0.617. The summed E-state index contributed by atoms with van der Waals surface area (Å²) in [5.41, 5.74) is 7.83. The zero-order valence-corrected chi connectivity index (χ0v) is 13.3. The van der Waals surface area contributed by atoms with Crippen LogP contribution >= 0.6 is 11.3 Å². The SMILES string of the molecule is COC(=O)c1cc(CCCc2cc3c(=O)[nH]c(N)nc3[nH]2)cs1. The Bertz CT molecular complexity index is 909. The van der Waals surface area contributed by atoms with Crippen LogP contribution < -0.4 is 11.3 Å². The molecule has 0 fully saturated rings. The monoisotopic (exact) mass is 332 g/mol. The molecule has 3 aromatic rings. The number of carbonyl (C=O) groups is 1. The summed E-state index contributed by atoms with van der Waals surface area (Å²) in [6.45, 7) is 0. The third-order valence-corrected chi connectivity index (χ3v) is 4.48.